The molecule has 0 heterocycles. The average Bonchev–Trinajstić information content (AvgIpc) is 2.60. The van der Waals surface area contributed by atoms with Crippen molar-refractivity contribution in [2.75, 3.05) is 0 Å². The predicted octanol–water partition coefficient (Wildman–Crippen LogP) is 11.7. The molecule has 0 aromatic heterocycles. The number of halogens is 10. The highest BCUT2D eigenvalue weighted by atomic mass is 79.9. The molecule has 0 fully saturated rings. The first kappa shape index (κ1) is 24.9. The van der Waals surface area contributed by atoms with E-state index >= 15 is 0 Å². The molecule has 25 heavy (non-hydrogen) atoms. The van der Waals surface area contributed by atoms with E-state index in [1.165, 1.54) is 11.1 Å². The average molecular weight is 1000 g/mol. The minimum atomic E-state index is 0.843. The summed E-state index contributed by atoms with van der Waals surface area (Å²) in [7, 11) is 0. The second-order valence-electron chi connectivity index (χ2n) is 4.59. The molecule has 0 aliphatic rings. The molecule has 11 heteroatoms. The lowest BCUT2D eigenvalue weighted by Crippen LogP contribution is -1.94. The van der Waals surface area contributed by atoms with Gasteiger partial charge in [-0.1, -0.05) is 0 Å². The quantitative estimate of drug-likeness (QED) is 0.217. The van der Waals surface area contributed by atoms with Crippen molar-refractivity contribution in [3.05, 3.63) is 55.9 Å². The summed E-state index contributed by atoms with van der Waals surface area (Å²) >= 11 is 38.2. The summed E-state index contributed by atoms with van der Waals surface area (Å²) in [4.78, 5) is 0. The van der Waals surface area contributed by atoms with Gasteiger partial charge < -0.3 is 0 Å². The maximum atomic E-state index is 3.68. The van der Waals surface area contributed by atoms with E-state index in [4.69, 9.17) is 0 Å². The van der Waals surface area contributed by atoms with Gasteiger partial charge in [0, 0.05) is 56.2 Å². The molecular weight excluding hydrogens is 999 g/mol. The smallest absolute Gasteiger partial charge is 0.0482 e. The molecule has 0 aliphatic heterocycles. The molecule has 0 saturated carbocycles. The highest BCUT2D eigenvalue weighted by Gasteiger charge is 2.20. The second kappa shape index (κ2) is 10.8. The molecule has 0 saturated heterocycles. The van der Waals surface area contributed by atoms with E-state index in [-0.39, 0.29) is 0 Å². The van der Waals surface area contributed by atoms with E-state index in [1.54, 1.807) is 0 Å². The van der Waals surface area contributed by atoms with Crippen LogP contribution in [0.15, 0.2) is 44.7 Å². The summed E-state index contributed by atoms with van der Waals surface area (Å²) in [5, 5.41) is 0. The number of rotatable bonds is 4. The van der Waals surface area contributed by atoms with Crippen molar-refractivity contribution in [3.8, 4) is 0 Å². The summed E-state index contributed by atoms with van der Waals surface area (Å²) in [5.41, 5.74) is 2.38. The minimum Gasteiger partial charge on any atom is -0.152 e. The van der Waals surface area contributed by atoms with Gasteiger partial charge in [0.1, 0.15) is 0 Å². The monoisotopic (exact) mass is 993 g/mol. The lowest BCUT2D eigenvalue weighted by molar-refractivity contribution is 1.26. The van der Waals surface area contributed by atoms with Crippen LogP contribution in [0.2, 0.25) is 0 Å². The Kier molecular flexibility index (Phi) is 10.7. The molecule has 2 aromatic rings. The number of benzene rings is 2. The number of hydrogen-bond donors (Lipinski definition) is 0. The van der Waals surface area contributed by atoms with Crippen molar-refractivity contribution in [2.24, 2.45) is 0 Å². The van der Waals surface area contributed by atoms with E-state index in [2.05, 4.69) is 159 Å². The normalized spacial score (nSPS) is 11.3. The van der Waals surface area contributed by atoms with Gasteiger partial charge in [0.15, 0.2) is 0 Å². The zero-order valence-corrected chi connectivity index (χ0v) is 28.3. The number of thioether (sulfide) groups is 1. The fourth-order valence-corrected chi connectivity index (χ4v) is 10.5. The van der Waals surface area contributed by atoms with E-state index in [0.29, 0.717) is 0 Å². The third kappa shape index (κ3) is 5.45. The van der Waals surface area contributed by atoms with Crippen LogP contribution in [0, 0.1) is 0 Å². The first-order valence-corrected chi connectivity index (χ1v) is 15.3. The first-order valence-electron chi connectivity index (χ1n) is 6.17. The van der Waals surface area contributed by atoms with Gasteiger partial charge in [-0.05, 0) is 170 Å². The fraction of sp³-hybridized carbons (Fsp3) is 0.143. The SMILES string of the molecule is Brc1c(Br)c(Br)c(CSCc2c(Br)c(Br)c(Br)c(Br)c2Br)c(Br)c1Br. The highest BCUT2D eigenvalue weighted by molar-refractivity contribution is 9.16. The lowest BCUT2D eigenvalue weighted by atomic mass is 10.2. The summed E-state index contributed by atoms with van der Waals surface area (Å²) in [6.07, 6.45) is 0. The molecule has 0 amide bonds. The molecule has 0 aliphatic carbocycles. The van der Waals surface area contributed by atoms with Crippen molar-refractivity contribution in [3.63, 3.8) is 0 Å². The Labute approximate surface area is 234 Å². The van der Waals surface area contributed by atoms with Crippen molar-refractivity contribution < 1.29 is 0 Å². The third-order valence-electron chi connectivity index (χ3n) is 3.09. The van der Waals surface area contributed by atoms with Crippen LogP contribution in [0.5, 0.6) is 0 Å². The van der Waals surface area contributed by atoms with Gasteiger partial charge in [0.2, 0.25) is 0 Å². The van der Waals surface area contributed by atoms with E-state index in [1.807, 2.05) is 11.8 Å². The van der Waals surface area contributed by atoms with Crippen molar-refractivity contribution in [2.45, 2.75) is 11.5 Å². The topological polar surface area (TPSA) is 0 Å². The lowest BCUT2D eigenvalue weighted by Gasteiger charge is -2.15. The summed E-state index contributed by atoms with van der Waals surface area (Å²) < 4.78 is 10.1. The van der Waals surface area contributed by atoms with Crippen LogP contribution in [-0.2, 0) is 11.5 Å². The van der Waals surface area contributed by atoms with E-state index in [9.17, 15) is 0 Å². The summed E-state index contributed by atoms with van der Waals surface area (Å²) in [6, 6.07) is 0. The fourth-order valence-electron chi connectivity index (χ4n) is 1.81. The molecule has 0 N–H and O–H groups in total. The molecule has 136 valence electrons. The van der Waals surface area contributed by atoms with Crippen LogP contribution in [-0.4, -0.2) is 0 Å². The summed E-state index contributed by atoms with van der Waals surface area (Å²) in [5.74, 6) is 1.69. The zero-order valence-electron chi connectivity index (χ0n) is 11.6. The molecule has 2 rings (SSSR count). The predicted molar refractivity (Wildman–Crippen MR) is 145 cm³/mol. The maximum Gasteiger partial charge on any atom is 0.0482 e. The van der Waals surface area contributed by atoms with E-state index in [0.717, 1.165) is 56.2 Å². The van der Waals surface area contributed by atoms with Crippen LogP contribution in [0.25, 0.3) is 0 Å². The van der Waals surface area contributed by atoms with Gasteiger partial charge in [-0.15, -0.1) is 0 Å². The molecule has 0 radical (unpaired) electrons. The Morgan fingerprint density at radius 1 is 0.360 bits per heavy atom. The van der Waals surface area contributed by atoms with Crippen molar-refractivity contribution in [1.82, 2.24) is 0 Å². The third-order valence-corrected chi connectivity index (χ3v) is 16.6. The molecule has 0 spiro atoms. The molecule has 0 atom stereocenters. The Hall–Kier alpha value is 3.59. The van der Waals surface area contributed by atoms with Crippen LogP contribution in [0.3, 0.4) is 0 Å². The van der Waals surface area contributed by atoms with Gasteiger partial charge in [-0.3, -0.25) is 0 Å². The Bertz CT molecular complexity index is 721. The van der Waals surface area contributed by atoms with Crippen LogP contribution in [0.4, 0.5) is 0 Å². The molecule has 0 nitrogen and oxygen atoms in total. The highest BCUT2D eigenvalue weighted by Crippen LogP contribution is 2.48. The first-order chi connectivity index (χ1) is 11.6. The molecule has 0 unspecified atom stereocenters. The Balaban J connectivity index is 2.29. The van der Waals surface area contributed by atoms with Crippen molar-refractivity contribution in [1.29, 1.82) is 0 Å². The van der Waals surface area contributed by atoms with Gasteiger partial charge in [-0.2, -0.15) is 11.8 Å². The van der Waals surface area contributed by atoms with E-state index < -0.39 is 0 Å². The standard InChI is InChI=1S/C14H4Br10S/c15-5-3(6(16)10(20)13(23)9(5)19)1-25-2-4-7(17)11(21)14(24)12(22)8(4)18/h1-2H2. The second-order valence-corrected chi connectivity index (χ2v) is 13.5. The minimum absolute atomic E-state index is 0.843. The van der Waals surface area contributed by atoms with Gasteiger partial charge in [0.25, 0.3) is 0 Å². The zero-order chi connectivity index (χ0) is 19.0. The van der Waals surface area contributed by atoms with Crippen molar-refractivity contribution >= 4 is 171 Å². The number of hydrogen-bond acceptors (Lipinski definition) is 1. The molecular formula is C14H4Br10S. The van der Waals surface area contributed by atoms with Gasteiger partial charge >= 0.3 is 0 Å². The van der Waals surface area contributed by atoms with Crippen LogP contribution in [0.1, 0.15) is 11.1 Å². The van der Waals surface area contributed by atoms with Gasteiger partial charge in [0.05, 0.1) is 0 Å². The largest absolute Gasteiger partial charge is 0.152 e. The van der Waals surface area contributed by atoms with Crippen LogP contribution < -0.4 is 0 Å². The Morgan fingerprint density at radius 3 is 0.800 bits per heavy atom. The molecule has 0 bridgehead atoms. The Morgan fingerprint density at radius 2 is 0.560 bits per heavy atom. The summed E-state index contributed by atoms with van der Waals surface area (Å²) in [6.45, 7) is 0. The van der Waals surface area contributed by atoms with Crippen LogP contribution >= 0.6 is 171 Å². The van der Waals surface area contributed by atoms with Gasteiger partial charge in [-0.25, -0.2) is 0 Å². The molecule has 2 aromatic carbocycles. The maximum absolute atomic E-state index is 3.68.